The van der Waals surface area contributed by atoms with Gasteiger partial charge in [-0.3, -0.25) is 9.59 Å². The topological polar surface area (TPSA) is 133 Å². The Balaban J connectivity index is 1.25. The number of para-hydroxylation sites is 1. The summed E-state index contributed by atoms with van der Waals surface area (Å²) in [6.07, 6.45) is 2.86. The number of halogens is 2. The molecule has 3 aromatic carbocycles. The van der Waals surface area contributed by atoms with E-state index in [1.54, 1.807) is 12.3 Å². The first-order chi connectivity index (χ1) is 19.3. The first kappa shape index (κ1) is 27.4. The quantitative estimate of drug-likeness (QED) is 0.181. The predicted molar refractivity (Wildman–Crippen MR) is 153 cm³/mol. The number of carbonyl (C=O) groups excluding carboxylic acids is 2. The minimum Gasteiger partial charge on any atom is -0.481 e. The van der Waals surface area contributed by atoms with E-state index >= 15 is 0 Å². The van der Waals surface area contributed by atoms with Gasteiger partial charge in [0, 0.05) is 24.5 Å². The highest BCUT2D eigenvalue weighted by Gasteiger charge is 2.28. The molecule has 2 amide bonds. The Labute approximate surface area is 239 Å². The van der Waals surface area contributed by atoms with Gasteiger partial charge in [-0.2, -0.15) is 0 Å². The van der Waals surface area contributed by atoms with E-state index in [1.807, 2.05) is 48.5 Å². The number of anilines is 2. The summed E-state index contributed by atoms with van der Waals surface area (Å²) < 4.78 is 0. The Bertz CT molecular complexity index is 1610. The maximum atomic E-state index is 13.2. The van der Waals surface area contributed by atoms with Crippen LogP contribution in [0.25, 0.3) is 10.9 Å². The number of hydrogen-bond donors (Lipinski definition) is 4. The lowest BCUT2D eigenvalue weighted by Crippen LogP contribution is -2.41. The van der Waals surface area contributed by atoms with Crippen LogP contribution in [0, 0.1) is 5.92 Å². The van der Waals surface area contributed by atoms with Gasteiger partial charge >= 0.3 is 12.0 Å². The van der Waals surface area contributed by atoms with Crippen LogP contribution in [-0.2, 0) is 11.2 Å². The first-order valence-electron chi connectivity index (χ1n) is 12.6. The number of Topliss-reactive ketones (excluding diaryl/α,β-unsaturated/α-hetero) is 1. The number of carboxylic acids is 1. The van der Waals surface area contributed by atoms with Crippen molar-refractivity contribution in [2.75, 3.05) is 11.9 Å². The van der Waals surface area contributed by atoms with Gasteiger partial charge in [0.05, 0.1) is 38.8 Å². The van der Waals surface area contributed by atoms with Crippen molar-refractivity contribution in [2.45, 2.75) is 25.3 Å². The standard InChI is InChI=1S/C29H25Cl2N5O4/c30-20-10-12-23(35-28-32-14-17-6-2-4-8-21(17)34-28)26(31)25(20)24(37)13-18(27(38)39)15-33-29(40)36-22-11-9-16-5-1-3-7-19(16)22/h1-8,10,12,14,18,22H,9,11,13,15H2,(H,38,39)(H,32,34,35)(H2,33,36,40)/t18-,22+/m0/s1. The van der Waals surface area contributed by atoms with Crippen molar-refractivity contribution in [1.29, 1.82) is 0 Å². The fourth-order valence-corrected chi connectivity index (χ4v) is 5.39. The van der Waals surface area contributed by atoms with Crippen molar-refractivity contribution < 1.29 is 19.5 Å². The molecule has 9 nitrogen and oxygen atoms in total. The van der Waals surface area contributed by atoms with E-state index < -0.39 is 30.1 Å². The lowest BCUT2D eigenvalue weighted by Gasteiger charge is -2.18. The van der Waals surface area contributed by atoms with Gasteiger partial charge in [-0.1, -0.05) is 65.7 Å². The average molecular weight is 578 g/mol. The number of carbonyl (C=O) groups is 3. The van der Waals surface area contributed by atoms with E-state index in [-0.39, 0.29) is 34.1 Å². The molecule has 1 aliphatic rings. The van der Waals surface area contributed by atoms with Gasteiger partial charge in [-0.15, -0.1) is 0 Å². The normalized spacial score (nSPS) is 14.8. The second kappa shape index (κ2) is 11.9. The van der Waals surface area contributed by atoms with Crippen molar-refractivity contribution in [3.8, 4) is 0 Å². The maximum Gasteiger partial charge on any atom is 0.315 e. The Kier molecular flexibility index (Phi) is 8.14. The zero-order valence-corrected chi connectivity index (χ0v) is 22.7. The summed E-state index contributed by atoms with van der Waals surface area (Å²) in [5.41, 5.74) is 3.27. The van der Waals surface area contributed by atoms with E-state index in [1.165, 1.54) is 11.6 Å². The number of carboxylic acid groups (broad SMARTS) is 1. The Hall–Kier alpha value is -4.21. The fourth-order valence-electron chi connectivity index (χ4n) is 4.76. The molecule has 0 aliphatic heterocycles. The Morgan fingerprint density at radius 1 is 1.02 bits per heavy atom. The highest BCUT2D eigenvalue weighted by atomic mass is 35.5. The summed E-state index contributed by atoms with van der Waals surface area (Å²) >= 11 is 12.9. The fraction of sp³-hybridized carbons (Fsp3) is 0.207. The van der Waals surface area contributed by atoms with Gasteiger partial charge in [0.25, 0.3) is 0 Å². The second-order valence-corrected chi connectivity index (χ2v) is 10.3. The van der Waals surface area contributed by atoms with E-state index in [0.717, 1.165) is 29.3 Å². The lowest BCUT2D eigenvalue weighted by atomic mass is 9.97. The molecule has 1 heterocycles. The molecule has 40 heavy (non-hydrogen) atoms. The van der Waals surface area contributed by atoms with E-state index in [2.05, 4.69) is 25.9 Å². The first-order valence-corrected chi connectivity index (χ1v) is 13.4. The highest BCUT2D eigenvalue weighted by Crippen LogP contribution is 2.35. The Morgan fingerprint density at radius 3 is 2.62 bits per heavy atom. The van der Waals surface area contributed by atoms with Crippen LogP contribution in [0.4, 0.5) is 16.4 Å². The molecular formula is C29H25Cl2N5O4. The zero-order chi connectivity index (χ0) is 28.2. The van der Waals surface area contributed by atoms with Crippen molar-refractivity contribution in [3.05, 3.63) is 93.6 Å². The third kappa shape index (κ3) is 6.00. The highest BCUT2D eigenvalue weighted by molar-refractivity contribution is 6.41. The van der Waals surface area contributed by atoms with Gasteiger partial charge in [-0.25, -0.2) is 14.8 Å². The number of hydrogen-bond acceptors (Lipinski definition) is 6. The molecule has 0 spiro atoms. The SMILES string of the molecule is O=C(NC[C@H](CC(=O)c1c(Cl)ccc(Nc2ncc3ccccc3n2)c1Cl)C(=O)O)N[C@@H]1CCc2ccccc21. The van der Waals surface area contributed by atoms with E-state index in [4.69, 9.17) is 23.2 Å². The summed E-state index contributed by atoms with van der Waals surface area (Å²) in [6, 6.07) is 17.8. The minimum absolute atomic E-state index is 0.0176. The van der Waals surface area contributed by atoms with Gasteiger partial charge < -0.3 is 21.1 Å². The van der Waals surface area contributed by atoms with Crippen molar-refractivity contribution in [1.82, 2.24) is 20.6 Å². The molecule has 0 radical (unpaired) electrons. The molecule has 0 fully saturated rings. The second-order valence-electron chi connectivity index (χ2n) is 9.47. The van der Waals surface area contributed by atoms with Crippen LogP contribution < -0.4 is 16.0 Å². The maximum absolute atomic E-state index is 13.2. The van der Waals surface area contributed by atoms with Crippen LogP contribution in [-0.4, -0.2) is 39.4 Å². The summed E-state index contributed by atoms with van der Waals surface area (Å²) in [6.45, 7) is -0.251. The minimum atomic E-state index is -1.23. The predicted octanol–water partition coefficient (Wildman–Crippen LogP) is 5.94. The molecule has 204 valence electrons. The summed E-state index contributed by atoms with van der Waals surface area (Å²) in [5.74, 6) is -2.73. The molecule has 4 N–H and O–H groups in total. The molecular weight excluding hydrogens is 553 g/mol. The number of urea groups is 1. The number of nitrogens with zero attached hydrogens (tertiary/aromatic N) is 2. The number of fused-ring (bicyclic) bond motifs is 2. The molecule has 0 saturated carbocycles. The monoisotopic (exact) mass is 577 g/mol. The average Bonchev–Trinajstić information content (AvgIpc) is 3.35. The summed E-state index contributed by atoms with van der Waals surface area (Å²) in [5, 5.41) is 19.2. The van der Waals surface area contributed by atoms with Crippen LogP contribution >= 0.6 is 23.2 Å². The van der Waals surface area contributed by atoms with E-state index in [0.29, 0.717) is 5.69 Å². The lowest BCUT2D eigenvalue weighted by molar-refractivity contribution is -0.141. The number of aliphatic carboxylic acids is 1. The van der Waals surface area contributed by atoms with Gasteiger partial charge in [0.1, 0.15) is 0 Å². The van der Waals surface area contributed by atoms with Crippen molar-refractivity contribution in [3.63, 3.8) is 0 Å². The molecule has 5 rings (SSSR count). The number of rotatable bonds is 9. The number of benzene rings is 3. The molecule has 2 atom stereocenters. The van der Waals surface area contributed by atoms with E-state index in [9.17, 15) is 19.5 Å². The summed E-state index contributed by atoms with van der Waals surface area (Å²) in [4.78, 5) is 46.4. The van der Waals surface area contributed by atoms with Crippen LogP contribution in [0.5, 0.6) is 0 Å². The number of amides is 2. The smallest absolute Gasteiger partial charge is 0.315 e. The molecule has 4 aromatic rings. The number of nitrogens with one attached hydrogen (secondary N) is 3. The van der Waals surface area contributed by atoms with Crippen LogP contribution in [0.3, 0.4) is 0 Å². The third-order valence-corrected chi connectivity index (χ3v) is 7.54. The van der Waals surface area contributed by atoms with Gasteiger partial charge in [0.15, 0.2) is 5.78 Å². The molecule has 1 aliphatic carbocycles. The molecule has 0 bridgehead atoms. The Morgan fingerprint density at radius 2 is 1.80 bits per heavy atom. The van der Waals surface area contributed by atoms with Gasteiger partial charge in [0.2, 0.25) is 5.95 Å². The number of aromatic nitrogens is 2. The largest absolute Gasteiger partial charge is 0.481 e. The molecule has 1 aromatic heterocycles. The zero-order valence-electron chi connectivity index (χ0n) is 21.2. The summed E-state index contributed by atoms with van der Waals surface area (Å²) in [7, 11) is 0. The molecule has 0 saturated heterocycles. The third-order valence-electron chi connectivity index (χ3n) is 6.83. The van der Waals surface area contributed by atoms with Crippen LogP contribution in [0.2, 0.25) is 10.0 Å². The number of ketones is 1. The molecule has 0 unspecified atom stereocenters. The van der Waals surface area contributed by atoms with Gasteiger partial charge in [-0.05, 0) is 42.2 Å². The van der Waals surface area contributed by atoms with Crippen molar-refractivity contribution in [2.24, 2.45) is 5.92 Å². The molecule has 11 heteroatoms. The van der Waals surface area contributed by atoms with Crippen molar-refractivity contribution >= 4 is 63.5 Å². The van der Waals surface area contributed by atoms with Crippen LogP contribution in [0.1, 0.15) is 40.4 Å². The number of aryl methyl sites for hydroxylation is 1. The van der Waals surface area contributed by atoms with Crippen LogP contribution in [0.15, 0.2) is 66.9 Å².